The summed E-state index contributed by atoms with van der Waals surface area (Å²) in [4.78, 5) is 19.0. The Morgan fingerprint density at radius 3 is 1.64 bits per heavy atom. The summed E-state index contributed by atoms with van der Waals surface area (Å²) in [5.41, 5.74) is -0.548. The third-order valence-electron chi connectivity index (χ3n) is 1.25. The van der Waals surface area contributed by atoms with Crippen LogP contribution in [-0.2, 0) is 0 Å². The fourth-order valence-corrected chi connectivity index (χ4v) is 0.720. The molecule has 14 heavy (non-hydrogen) atoms. The first-order valence-electron chi connectivity index (χ1n) is 3.33. The lowest BCUT2D eigenvalue weighted by atomic mass is 10.3. The Balaban J connectivity index is 0.000000791. The van der Waals surface area contributed by atoms with Gasteiger partial charge in [-0.1, -0.05) is 0 Å². The first kappa shape index (κ1) is 11.9. The zero-order valence-corrected chi connectivity index (χ0v) is 6.99. The van der Waals surface area contributed by atoms with Crippen molar-refractivity contribution in [3.05, 3.63) is 44.5 Å². The minimum atomic E-state index is -0.674. The number of nitro benzene ring substituents is 2. The molecule has 0 fully saturated rings. The van der Waals surface area contributed by atoms with Crippen LogP contribution in [-0.4, -0.2) is 9.85 Å². The SMILES string of the molecule is NN.O=[N+]([O-])c1cccc([N+](=O)[O-])c1. The van der Waals surface area contributed by atoms with E-state index in [1.165, 1.54) is 18.2 Å². The Morgan fingerprint density at radius 1 is 1.00 bits per heavy atom. The second-order valence-electron chi connectivity index (χ2n) is 2.03. The van der Waals surface area contributed by atoms with Gasteiger partial charge in [-0.2, -0.15) is 0 Å². The summed E-state index contributed by atoms with van der Waals surface area (Å²) in [7, 11) is 0. The highest BCUT2D eigenvalue weighted by atomic mass is 16.6. The van der Waals surface area contributed by atoms with Crippen LogP contribution in [0.5, 0.6) is 0 Å². The lowest BCUT2D eigenvalue weighted by Crippen LogP contribution is -2.02. The lowest BCUT2D eigenvalue weighted by Gasteiger charge is -1.90. The molecule has 76 valence electrons. The zero-order valence-electron chi connectivity index (χ0n) is 6.99. The summed E-state index contributed by atoms with van der Waals surface area (Å²) in [5.74, 6) is 8.00. The van der Waals surface area contributed by atoms with Gasteiger partial charge in [-0.3, -0.25) is 31.9 Å². The van der Waals surface area contributed by atoms with Crippen LogP contribution in [0.4, 0.5) is 11.4 Å². The van der Waals surface area contributed by atoms with Crippen molar-refractivity contribution < 1.29 is 9.85 Å². The molecule has 0 amide bonds. The maximum atomic E-state index is 10.2. The summed E-state index contributed by atoms with van der Waals surface area (Å²) in [6, 6.07) is 4.59. The van der Waals surface area contributed by atoms with Crippen LogP contribution in [0.3, 0.4) is 0 Å². The van der Waals surface area contributed by atoms with Gasteiger partial charge in [0.2, 0.25) is 0 Å². The second-order valence-corrected chi connectivity index (χ2v) is 2.03. The van der Waals surface area contributed by atoms with Crippen molar-refractivity contribution in [3.63, 3.8) is 0 Å². The van der Waals surface area contributed by atoms with E-state index < -0.39 is 9.85 Å². The van der Waals surface area contributed by atoms with Crippen molar-refractivity contribution >= 4 is 11.4 Å². The number of nitrogens with two attached hydrogens (primary N) is 2. The molecule has 4 N–H and O–H groups in total. The molecular formula is C6H8N4O4. The van der Waals surface area contributed by atoms with Crippen molar-refractivity contribution in [2.45, 2.75) is 0 Å². The lowest BCUT2D eigenvalue weighted by molar-refractivity contribution is -0.394. The maximum absolute atomic E-state index is 10.2. The van der Waals surface area contributed by atoms with Crippen LogP contribution >= 0.6 is 0 Å². The summed E-state index contributed by atoms with van der Waals surface area (Å²) in [5, 5.41) is 20.3. The summed E-state index contributed by atoms with van der Waals surface area (Å²) in [6.45, 7) is 0. The van der Waals surface area contributed by atoms with Crippen LogP contribution < -0.4 is 11.7 Å². The normalized spacial score (nSPS) is 8.43. The Labute approximate surface area is 78.4 Å². The van der Waals surface area contributed by atoms with Crippen LogP contribution in [0.2, 0.25) is 0 Å². The number of rotatable bonds is 2. The monoisotopic (exact) mass is 200 g/mol. The van der Waals surface area contributed by atoms with E-state index in [1.54, 1.807) is 0 Å². The van der Waals surface area contributed by atoms with Gasteiger partial charge in [0.05, 0.1) is 15.9 Å². The smallest absolute Gasteiger partial charge is 0.274 e. The second kappa shape index (κ2) is 5.56. The van der Waals surface area contributed by atoms with Crippen LogP contribution in [0.15, 0.2) is 24.3 Å². The van der Waals surface area contributed by atoms with Gasteiger partial charge in [0.25, 0.3) is 11.4 Å². The molecule has 0 atom stereocenters. The Kier molecular flexibility index (Phi) is 4.74. The Bertz CT molecular complexity index is 311. The fraction of sp³-hybridized carbons (Fsp3) is 0. The topological polar surface area (TPSA) is 138 Å². The molecule has 0 bridgehead atoms. The van der Waals surface area contributed by atoms with Crippen molar-refractivity contribution in [3.8, 4) is 0 Å². The molecule has 1 aromatic rings. The third kappa shape index (κ3) is 3.13. The largest absolute Gasteiger partial charge is 0.276 e. The molecule has 0 heterocycles. The van der Waals surface area contributed by atoms with Crippen molar-refractivity contribution in [1.29, 1.82) is 0 Å². The minimum absolute atomic E-state index is 0.274. The van der Waals surface area contributed by atoms with Gasteiger partial charge >= 0.3 is 0 Å². The van der Waals surface area contributed by atoms with E-state index in [4.69, 9.17) is 0 Å². The minimum Gasteiger partial charge on any atom is -0.274 e. The highest BCUT2D eigenvalue weighted by Gasteiger charge is 2.11. The van der Waals surface area contributed by atoms with Gasteiger partial charge < -0.3 is 0 Å². The predicted octanol–water partition coefficient (Wildman–Crippen LogP) is 0.322. The van der Waals surface area contributed by atoms with Gasteiger partial charge in [0.15, 0.2) is 0 Å². The number of nitrogens with zero attached hydrogens (tertiary/aromatic N) is 2. The van der Waals surface area contributed by atoms with Crippen molar-refractivity contribution in [2.75, 3.05) is 0 Å². The van der Waals surface area contributed by atoms with Gasteiger partial charge in [-0.25, -0.2) is 0 Å². The number of hydrogen-bond donors (Lipinski definition) is 2. The van der Waals surface area contributed by atoms with Crippen LogP contribution in [0.1, 0.15) is 0 Å². The molecule has 0 saturated carbocycles. The van der Waals surface area contributed by atoms with E-state index in [0.717, 1.165) is 6.07 Å². The summed E-state index contributed by atoms with van der Waals surface area (Å²) in [6.07, 6.45) is 0. The first-order valence-corrected chi connectivity index (χ1v) is 3.33. The molecule has 0 spiro atoms. The van der Waals surface area contributed by atoms with E-state index in [9.17, 15) is 20.2 Å². The average Bonchev–Trinajstić information content (AvgIpc) is 2.21. The highest BCUT2D eigenvalue weighted by Crippen LogP contribution is 2.18. The molecule has 8 heteroatoms. The Hall–Kier alpha value is -2.06. The zero-order chi connectivity index (χ0) is 11.1. The molecule has 0 unspecified atom stereocenters. The van der Waals surface area contributed by atoms with Crippen LogP contribution in [0, 0.1) is 20.2 Å². The predicted molar refractivity (Wildman–Crippen MR) is 48.1 cm³/mol. The highest BCUT2D eigenvalue weighted by molar-refractivity contribution is 5.42. The number of hydrazine groups is 1. The fourth-order valence-electron chi connectivity index (χ4n) is 0.720. The molecule has 0 aromatic heterocycles. The van der Waals surface area contributed by atoms with Gasteiger partial charge in [0, 0.05) is 12.1 Å². The van der Waals surface area contributed by atoms with Gasteiger partial charge in [-0.05, 0) is 6.07 Å². The third-order valence-corrected chi connectivity index (χ3v) is 1.25. The molecule has 1 aromatic carbocycles. The van der Waals surface area contributed by atoms with E-state index in [2.05, 4.69) is 11.7 Å². The molecular weight excluding hydrogens is 192 g/mol. The average molecular weight is 200 g/mol. The van der Waals surface area contributed by atoms with Gasteiger partial charge in [0.1, 0.15) is 0 Å². The Morgan fingerprint density at radius 2 is 1.36 bits per heavy atom. The molecule has 8 nitrogen and oxygen atoms in total. The first-order chi connectivity index (χ1) is 6.61. The molecule has 0 saturated heterocycles. The molecule has 0 aliphatic rings. The molecule has 0 aliphatic carbocycles. The van der Waals surface area contributed by atoms with Gasteiger partial charge in [-0.15, -0.1) is 0 Å². The van der Waals surface area contributed by atoms with Crippen LogP contribution in [0.25, 0.3) is 0 Å². The number of hydrogen-bond acceptors (Lipinski definition) is 6. The standard InChI is InChI=1S/C6H4N2O4.H4N2/c9-7(10)5-2-1-3-6(4-5)8(11)12;1-2/h1-4H;1-2H2. The summed E-state index contributed by atoms with van der Waals surface area (Å²) >= 11 is 0. The summed E-state index contributed by atoms with van der Waals surface area (Å²) < 4.78 is 0. The quantitative estimate of drug-likeness (QED) is 0.400. The number of non-ortho nitro benzene ring substituents is 2. The number of nitro groups is 2. The molecule has 0 radical (unpaired) electrons. The molecule has 1 rings (SSSR count). The van der Waals surface area contributed by atoms with E-state index in [1.807, 2.05) is 0 Å². The van der Waals surface area contributed by atoms with E-state index >= 15 is 0 Å². The van der Waals surface area contributed by atoms with Crippen molar-refractivity contribution in [2.24, 2.45) is 11.7 Å². The van der Waals surface area contributed by atoms with E-state index in [-0.39, 0.29) is 11.4 Å². The van der Waals surface area contributed by atoms with E-state index in [0.29, 0.717) is 0 Å². The maximum Gasteiger partial charge on any atom is 0.276 e. The van der Waals surface area contributed by atoms with Crippen molar-refractivity contribution in [1.82, 2.24) is 0 Å². The number of benzene rings is 1. The molecule has 0 aliphatic heterocycles.